The Labute approximate surface area is 117 Å². The van der Waals surface area contributed by atoms with Gasteiger partial charge in [-0.3, -0.25) is 9.78 Å². The maximum Gasteiger partial charge on any atom is 0.141 e. The maximum atomic E-state index is 12.6. The van der Waals surface area contributed by atoms with Gasteiger partial charge in [0.25, 0.3) is 0 Å². The zero-order valence-electron chi connectivity index (χ0n) is 13.2. The van der Waals surface area contributed by atoms with Gasteiger partial charge in [-0.05, 0) is 29.9 Å². The second-order valence-electron chi connectivity index (χ2n) is 7.64. The summed E-state index contributed by atoms with van der Waals surface area (Å²) in [5, 5.41) is 0. The zero-order chi connectivity index (χ0) is 14.7. The van der Waals surface area contributed by atoms with Crippen molar-refractivity contribution in [3.63, 3.8) is 0 Å². The van der Waals surface area contributed by atoms with Crippen molar-refractivity contribution in [2.45, 2.75) is 54.4 Å². The number of ketones is 1. The first kappa shape index (κ1) is 15.9. The quantitative estimate of drug-likeness (QED) is 0.809. The highest BCUT2D eigenvalue weighted by atomic mass is 16.1. The van der Waals surface area contributed by atoms with Crippen LogP contribution in [-0.2, 0) is 11.2 Å². The summed E-state index contributed by atoms with van der Waals surface area (Å²) in [4.78, 5) is 16.8. The molecule has 0 aliphatic carbocycles. The number of carbonyl (C=O) groups excluding carboxylic acids is 1. The minimum absolute atomic E-state index is 0.0733. The first-order valence-electron chi connectivity index (χ1n) is 7.03. The minimum Gasteiger partial charge on any atom is -0.299 e. The van der Waals surface area contributed by atoms with Gasteiger partial charge in [0.2, 0.25) is 0 Å². The van der Waals surface area contributed by atoms with Crippen LogP contribution in [0.3, 0.4) is 0 Å². The first-order valence-corrected chi connectivity index (χ1v) is 7.03. The van der Waals surface area contributed by atoms with Crippen molar-refractivity contribution < 1.29 is 4.79 Å². The van der Waals surface area contributed by atoms with Crippen LogP contribution in [-0.4, -0.2) is 10.8 Å². The van der Waals surface area contributed by atoms with Crippen molar-refractivity contribution in [3.05, 3.63) is 30.1 Å². The lowest BCUT2D eigenvalue weighted by Gasteiger charge is -2.30. The van der Waals surface area contributed by atoms with Gasteiger partial charge in [-0.1, -0.05) is 47.6 Å². The van der Waals surface area contributed by atoms with E-state index in [0.717, 1.165) is 18.4 Å². The Morgan fingerprint density at radius 2 is 1.84 bits per heavy atom. The molecule has 0 fully saturated rings. The monoisotopic (exact) mass is 261 g/mol. The fourth-order valence-corrected chi connectivity index (χ4v) is 2.41. The van der Waals surface area contributed by atoms with E-state index in [-0.39, 0.29) is 16.7 Å². The summed E-state index contributed by atoms with van der Waals surface area (Å²) < 4.78 is 0. The van der Waals surface area contributed by atoms with Gasteiger partial charge in [0, 0.05) is 23.7 Å². The van der Waals surface area contributed by atoms with Gasteiger partial charge in [-0.2, -0.15) is 0 Å². The van der Waals surface area contributed by atoms with Crippen LogP contribution in [0.1, 0.15) is 53.5 Å². The molecule has 0 N–H and O–H groups in total. The van der Waals surface area contributed by atoms with E-state index in [4.69, 9.17) is 0 Å². The largest absolute Gasteiger partial charge is 0.299 e. The van der Waals surface area contributed by atoms with Crippen LogP contribution in [0, 0.1) is 16.7 Å². The van der Waals surface area contributed by atoms with Crippen molar-refractivity contribution in [2.75, 3.05) is 0 Å². The normalized spacial score (nSPS) is 14.2. The van der Waals surface area contributed by atoms with E-state index >= 15 is 0 Å². The standard InChI is InChI=1S/C17H27NO/c1-16(2,3)11-14(15(19)17(4,5)6)10-13-8-7-9-18-12-13/h7-9,12,14H,10-11H2,1-6H3/t14-/m1/s1. The van der Waals surface area contributed by atoms with Crippen molar-refractivity contribution in [3.8, 4) is 0 Å². The number of hydrogen-bond donors (Lipinski definition) is 0. The Bertz CT molecular complexity index is 409. The van der Waals surface area contributed by atoms with Gasteiger partial charge in [-0.15, -0.1) is 0 Å². The molecule has 0 aliphatic rings. The van der Waals surface area contributed by atoms with Gasteiger partial charge in [-0.25, -0.2) is 0 Å². The smallest absolute Gasteiger partial charge is 0.141 e. The topological polar surface area (TPSA) is 30.0 Å². The SMILES string of the molecule is CC(C)(C)C[C@@H](Cc1cccnc1)C(=O)C(C)(C)C. The fraction of sp³-hybridized carbons (Fsp3) is 0.647. The number of hydrogen-bond acceptors (Lipinski definition) is 2. The number of aromatic nitrogens is 1. The summed E-state index contributed by atoms with van der Waals surface area (Å²) >= 11 is 0. The molecular weight excluding hydrogens is 234 g/mol. The average Bonchev–Trinajstić information content (AvgIpc) is 2.25. The highest BCUT2D eigenvalue weighted by Gasteiger charge is 2.32. The molecule has 0 unspecified atom stereocenters. The van der Waals surface area contributed by atoms with E-state index < -0.39 is 0 Å². The molecule has 0 amide bonds. The lowest BCUT2D eigenvalue weighted by molar-refractivity contribution is -0.131. The van der Waals surface area contributed by atoms with Crippen molar-refractivity contribution >= 4 is 5.78 Å². The summed E-state index contributed by atoms with van der Waals surface area (Å²) in [5.74, 6) is 0.426. The van der Waals surface area contributed by atoms with Gasteiger partial charge in [0.1, 0.15) is 5.78 Å². The Morgan fingerprint density at radius 3 is 2.26 bits per heavy atom. The molecule has 1 aromatic rings. The Morgan fingerprint density at radius 1 is 1.21 bits per heavy atom. The van der Waals surface area contributed by atoms with E-state index in [0.29, 0.717) is 5.78 Å². The molecule has 106 valence electrons. The van der Waals surface area contributed by atoms with Crippen LogP contribution >= 0.6 is 0 Å². The van der Waals surface area contributed by atoms with Crippen LogP contribution in [0.15, 0.2) is 24.5 Å². The molecule has 1 atom stereocenters. The van der Waals surface area contributed by atoms with Crippen LogP contribution in [0.5, 0.6) is 0 Å². The second-order valence-corrected chi connectivity index (χ2v) is 7.64. The lowest BCUT2D eigenvalue weighted by Crippen LogP contribution is -2.32. The molecule has 0 spiro atoms. The molecule has 0 bridgehead atoms. The predicted molar refractivity (Wildman–Crippen MR) is 80.0 cm³/mol. The maximum absolute atomic E-state index is 12.6. The number of rotatable bonds is 4. The van der Waals surface area contributed by atoms with Crippen molar-refractivity contribution in [2.24, 2.45) is 16.7 Å². The zero-order valence-corrected chi connectivity index (χ0v) is 13.2. The Balaban J connectivity index is 2.90. The highest BCUT2D eigenvalue weighted by molar-refractivity contribution is 5.86. The summed E-state index contributed by atoms with van der Waals surface area (Å²) in [5.41, 5.74) is 1.03. The van der Waals surface area contributed by atoms with E-state index in [1.165, 1.54) is 0 Å². The molecule has 0 aliphatic heterocycles. The summed E-state index contributed by atoms with van der Waals surface area (Å²) in [7, 11) is 0. The minimum atomic E-state index is -0.280. The number of nitrogens with zero attached hydrogens (tertiary/aromatic N) is 1. The highest BCUT2D eigenvalue weighted by Crippen LogP contribution is 2.32. The summed E-state index contributed by atoms with van der Waals surface area (Å²) in [6.07, 6.45) is 5.35. The van der Waals surface area contributed by atoms with E-state index in [2.05, 4.69) is 31.8 Å². The molecular formula is C17H27NO. The third-order valence-corrected chi connectivity index (χ3v) is 3.17. The average molecular weight is 261 g/mol. The Hall–Kier alpha value is -1.18. The van der Waals surface area contributed by atoms with Crippen LogP contribution in [0.2, 0.25) is 0 Å². The van der Waals surface area contributed by atoms with Gasteiger partial charge >= 0.3 is 0 Å². The molecule has 0 saturated carbocycles. The Kier molecular flexibility index (Phi) is 4.89. The van der Waals surface area contributed by atoms with Gasteiger partial charge in [0.05, 0.1) is 0 Å². The second kappa shape index (κ2) is 5.85. The van der Waals surface area contributed by atoms with Crippen molar-refractivity contribution in [1.82, 2.24) is 4.98 Å². The summed E-state index contributed by atoms with van der Waals surface area (Å²) in [6.45, 7) is 12.6. The molecule has 2 heteroatoms. The lowest BCUT2D eigenvalue weighted by atomic mass is 9.74. The van der Waals surface area contributed by atoms with E-state index in [1.54, 1.807) is 6.20 Å². The molecule has 0 radical (unpaired) electrons. The van der Waals surface area contributed by atoms with Crippen LogP contribution in [0.4, 0.5) is 0 Å². The molecule has 19 heavy (non-hydrogen) atoms. The third kappa shape index (κ3) is 5.54. The van der Waals surface area contributed by atoms with Crippen LogP contribution < -0.4 is 0 Å². The van der Waals surface area contributed by atoms with E-state index in [9.17, 15) is 4.79 Å². The molecule has 2 nitrogen and oxygen atoms in total. The number of pyridine rings is 1. The predicted octanol–water partition coefficient (Wildman–Crippen LogP) is 4.29. The molecule has 1 rings (SSSR count). The molecule has 1 heterocycles. The van der Waals surface area contributed by atoms with Gasteiger partial charge in [0.15, 0.2) is 0 Å². The van der Waals surface area contributed by atoms with Crippen molar-refractivity contribution in [1.29, 1.82) is 0 Å². The number of Topliss-reactive ketones (excluding diaryl/α,β-unsaturated/α-hetero) is 1. The third-order valence-electron chi connectivity index (χ3n) is 3.17. The molecule has 0 aromatic carbocycles. The first-order chi connectivity index (χ1) is 8.59. The summed E-state index contributed by atoms with van der Waals surface area (Å²) in [6, 6.07) is 3.99. The van der Waals surface area contributed by atoms with Gasteiger partial charge < -0.3 is 0 Å². The van der Waals surface area contributed by atoms with Crippen LogP contribution in [0.25, 0.3) is 0 Å². The molecule has 0 saturated heterocycles. The fourth-order valence-electron chi connectivity index (χ4n) is 2.41. The number of carbonyl (C=O) groups is 1. The van der Waals surface area contributed by atoms with E-state index in [1.807, 2.05) is 33.0 Å². The molecule has 1 aromatic heterocycles.